The molecule has 11 nitrogen and oxygen atoms in total. The van der Waals surface area contributed by atoms with Crippen molar-refractivity contribution in [3.8, 4) is 0 Å². The van der Waals surface area contributed by atoms with Crippen LogP contribution in [0, 0.1) is 0 Å². The minimum atomic E-state index is -0.802. The fourth-order valence-corrected chi connectivity index (χ4v) is 0.909. The van der Waals surface area contributed by atoms with E-state index < -0.39 is 17.1 Å². The molecule has 0 bridgehead atoms. The van der Waals surface area contributed by atoms with E-state index >= 15 is 0 Å². The fourth-order valence-electron chi connectivity index (χ4n) is 0.909. The number of nitrogens with one attached hydrogen (secondary N) is 3. The van der Waals surface area contributed by atoms with Crippen molar-refractivity contribution in [1.29, 1.82) is 0 Å². The first-order valence-corrected chi connectivity index (χ1v) is 4.45. The Morgan fingerprint density at radius 1 is 0.778 bits per heavy atom. The molecule has 2 aromatic rings. The minimum Gasteiger partial charge on any atom is -0.383 e. The van der Waals surface area contributed by atoms with Gasteiger partial charge in [-0.15, -0.1) is 0 Å². The smallest absolute Gasteiger partial charge is 0.330 e. The molecule has 0 atom stereocenters. The van der Waals surface area contributed by atoms with Gasteiger partial charge in [-0.2, -0.15) is 9.97 Å². The largest absolute Gasteiger partial charge is 0.383 e. The molecule has 0 fully saturated rings. The van der Waals surface area contributed by atoms with Crippen LogP contribution in [-0.4, -0.2) is 24.9 Å². The van der Waals surface area contributed by atoms with Gasteiger partial charge in [-0.25, -0.2) is 14.4 Å². The zero-order valence-electron chi connectivity index (χ0n) is 8.93. The number of aromatic nitrogens is 5. The van der Waals surface area contributed by atoms with Crippen molar-refractivity contribution >= 4 is 17.6 Å². The predicted molar refractivity (Wildman–Crippen MR) is 63.6 cm³/mol. The van der Waals surface area contributed by atoms with Crippen molar-refractivity contribution in [2.24, 2.45) is 0 Å². The van der Waals surface area contributed by atoms with Crippen LogP contribution in [0.1, 0.15) is 0 Å². The van der Waals surface area contributed by atoms with E-state index in [4.69, 9.17) is 17.2 Å². The number of nitrogens with zero attached hydrogens (tertiary/aromatic N) is 2. The number of nitrogen functional groups attached to an aromatic ring is 3. The van der Waals surface area contributed by atoms with Gasteiger partial charge < -0.3 is 17.2 Å². The first-order chi connectivity index (χ1) is 8.36. The second kappa shape index (κ2) is 5.29. The van der Waals surface area contributed by atoms with Gasteiger partial charge in [0.2, 0.25) is 5.95 Å². The molecule has 18 heavy (non-hydrogen) atoms. The van der Waals surface area contributed by atoms with Gasteiger partial charge in [0.15, 0.2) is 0 Å². The van der Waals surface area contributed by atoms with Gasteiger partial charge in [-0.05, 0) is 0 Å². The van der Waals surface area contributed by atoms with Gasteiger partial charge >= 0.3 is 17.1 Å². The number of H-pyrrole nitrogens is 3. The second-order valence-corrected chi connectivity index (χ2v) is 2.94. The van der Waals surface area contributed by atoms with Crippen molar-refractivity contribution in [3.63, 3.8) is 0 Å². The van der Waals surface area contributed by atoms with Crippen molar-refractivity contribution in [2.45, 2.75) is 0 Å². The Kier molecular flexibility index (Phi) is 3.81. The van der Waals surface area contributed by atoms with Crippen LogP contribution in [0.4, 0.5) is 17.6 Å². The molecule has 0 aliphatic rings. The first kappa shape index (κ1) is 13.0. The third-order valence-electron chi connectivity index (χ3n) is 1.46. The molecular weight excluding hydrogens is 244 g/mol. The average molecular weight is 254 g/mol. The van der Waals surface area contributed by atoms with Gasteiger partial charge in [0.05, 0.1) is 0 Å². The average Bonchev–Trinajstić information content (AvgIpc) is 2.12. The quantitative estimate of drug-likeness (QED) is 0.284. The lowest BCUT2D eigenvalue weighted by atomic mass is 10.5. The molecule has 0 radical (unpaired) electrons. The Balaban J connectivity index is 0.000000180. The highest BCUT2D eigenvalue weighted by Crippen LogP contribution is 2.03. The molecule has 0 aromatic carbocycles. The zero-order valence-corrected chi connectivity index (χ0v) is 8.93. The van der Waals surface area contributed by atoms with Crippen LogP contribution in [0.3, 0.4) is 0 Å². The zero-order chi connectivity index (χ0) is 13.7. The summed E-state index contributed by atoms with van der Waals surface area (Å²) in [5, 5.41) is 0. The fraction of sp³-hybridized carbons (Fsp3) is 0. The van der Waals surface area contributed by atoms with Crippen LogP contribution < -0.4 is 34.3 Å². The molecule has 2 aromatic heterocycles. The predicted octanol–water partition coefficient (Wildman–Crippen LogP) is -3.03. The lowest BCUT2D eigenvalue weighted by molar-refractivity contribution is 0.888. The highest BCUT2D eigenvalue weighted by molar-refractivity contribution is 5.44. The van der Waals surface area contributed by atoms with E-state index in [1.165, 1.54) is 6.07 Å². The van der Waals surface area contributed by atoms with Crippen LogP contribution in [0.25, 0.3) is 0 Å². The monoisotopic (exact) mass is 254 g/mol. The van der Waals surface area contributed by atoms with Crippen molar-refractivity contribution in [2.75, 3.05) is 17.2 Å². The lowest BCUT2D eigenvalue weighted by Gasteiger charge is -1.94. The lowest BCUT2D eigenvalue weighted by Crippen LogP contribution is -2.34. The molecule has 2 rings (SSSR count). The Labute approximate surface area is 98.1 Å². The van der Waals surface area contributed by atoms with Crippen LogP contribution in [0.2, 0.25) is 0 Å². The number of aromatic amines is 3. The molecule has 0 unspecified atom stereocenters. The highest BCUT2D eigenvalue weighted by atomic mass is 16.2. The van der Waals surface area contributed by atoms with E-state index in [1.54, 1.807) is 15.0 Å². The molecule has 96 valence electrons. The van der Waals surface area contributed by atoms with Crippen molar-refractivity contribution in [1.82, 2.24) is 24.9 Å². The Bertz CT molecular complexity index is 570. The maximum Gasteiger partial charge on any atom is 0.330 e. The number of hydrogen-bond donors (Lipinski definition) is 6. The number of hydrogen-bond acceptors (Lipinski definition) is 8. The SMILES string of the molecule is Nc1cc(N)nc(N)n1.O=c1[nH]c(=O)[nH]c(=O)[nH]1. The Morgan fingerprint density at radius 3 is 1.39 bits per heavy atom. The topological polar surface area (TPSA) is 202 Å². The molecule has 0 aliphatic heterocycles. The first-order valence-electron chi connectivity index (χ1n) is 4.45. The van der Waals surface area contributed by atoms with Crippen molar-refractivity contribution < 1.29 is 0 Å². The summed E-state index contributed by atoms with van der Waals surface area (Å²) in [5.74, 6) is 0.688. The molecule has 0 saturated carbocycles. The molecule has 11 heteroatoms. The van der Waals surface area contributed by atoms with E-state index in [1.807, 2.05) is 0 Å². The standard InChI is InChI=1S/C4H7N5.C3H3N3O3/c5-2-1-3(6)9-4(7)8-2;7-1-4-2(8)6-3(9)5-1/h1H,(H6,5,6,7,8,9);(H3,4,5,6,7,8,9). The van der Waals surface area contributed by atoms with Crippen LogP contribution in [-0.2, 0) is 0 Å². The molecule has 0 amide bonds. The Hall–Kier alpha value is -3.11. The summed E-state index contributed by atoms with van der Waals surface area (Å²) in [6.45, 7) is 0. The molecular formula is C7H10N8O3. The van der Waals surface area contributed by atoms with E-state index in [0.717, 1.165) is 0 Å². The van der Waals surface area contributed by atoms with Gasteiger partial charge in [-0.1, -0.05) is 0 Å². The van der Waals surface area contributed by atoms with Gasteiger partial charge in [0, 0.05) is 6.07 Å². The maximum absolute atomic E-state index is 10.2. The second-order valence-electron chi connectivity index (χ2n) is 2.94. The normalized spacial score (nSPS) is 9.33. The summed E-state index contributed by atoms with van der Waals surface area (Å²) >= 11 is 0. The number of nitrogens with two attached hydrogens (primary N) is 3. The summed E-state index contributed by atoms with van der Waals surface area (Å²) in [4.78, 5) is 43.1. The molecule has 2 heterocycles. The van der Waals surface area contributed by atoms with Gasteiger partial charge in [0.1, 0.15) is 11.6 Å². The summed E-state index contributed by atoms with van der Waals surface area (Å²) in [5.41, 5.74) is 13.3. The van der Waals surface area contributed by atoms with Crippen LogP contribution in [0.5, 0.6) is 0 Å². The summed E-state index contributed by atoms with van der Waals surface area (Å²) in [7, 11) is 0. The molecule has 0 spiro atoms. The highest BCUT2D eigenvalue weighted by Gasteiger charge is 1.92. The Morgan fingerprint density at radius 2 is 1.11 bits per heavy atom. The van der Waals surface area contributed by atoms with Gasteiger partial charge in [0.25, 0.3) is 0 Å². The van der Waals surface area contributed by atoms with Crippen LogP contribution in [0.15, 0.2) is 20.4 Å². The summed E-state index contributed by atoms with van der Waals surface area (Å²) in [6, 6.07) is 1.44. The van der Waals surface area contributed by atoms with Crippen molar-refractivity contribution in [3.05, 3.63) is 37.5 Å². The van der Waals surface area contributed by atoms with Crippen LogP contribution >= 0.6 is 0 Å². The number of anilines is 3. The molecule has 9 N–H and O–H groups in total. The maximum atomic E-state index is 10.2. The summed E-state index contributed by atoms with van der Waals surface area (Å²) in [6.07, 6.45) is 0. The third kappa shape index (κ3) is 4.18. The van der Waals surface area contributed by atoms with E-state index in [-0.39, 0.29) is 5.95 Å². The molecule has 0 aliphatic carbocycles. The minimum absolute atomic E-state index is 0.104. The number of rotatable bonds is 0. The van der Waals surface area contributed by atoms with E-state index in [9.17, 15) is 14.4 Å². The van der Waals surface area contributed by atoms with E-state index in [0.29, 0.717) is 11.6 Å². The third-order valence-corrected chi connectivity index (χ3v) is 1.46. The molecule has 0 saturated heterocycles. The van der Waals surface area contributed by atoms with E-state index in [2.05, 4.69) is 9.97 Å². The van der Waals surface area contributed by atoms with Gasteiger partial charge in [-0.3, -0.25) is 15.0 Å². The summed E-state index contributed by atoms with van der Waals surface area (Å²) < 4.78 is 0.